The predicted molar refractivity (Wildman–Crippen MR) is 79.1 cm³/mol. The molecule has 1 N–H and O–H groups in total. The maximum absolute atomic E-state index is 13.0. The van der Waals surface area contributed by atoms with Crippen LogP contribution in [0.1, 0.15) is 64.7 Å². The second kappa shape index (κ2) is 7.28. The number of likely N-dealkylation sites (tertiary alicyclic amines) is 1. The van der Waals surface area contributed by atoms with Gasteiger partial charge in [-0.1, -0.05) is 32.6 Å². The summed E-state index contributed by atoms with van der Waals surface area (Å²) in [4.78, 5) is 15.2. The van der Waals surface area contributed by atoms with Gasteiger partial charge in [-0.3, -0.25) is 4.79 Å². The first-order valence-corrected chi connectivity index (χ1v) is 8.29. The highest BCUT2D eigenvalue weighted by Gasteiger charge is 2.40. The fourth-order valence-electron chi connectivity index (χ4n) is 3.74. The van der Waals surface area contributed by atoms with E-state index in [4.69, 9.17) is 0 Å². The standard InChI is InChI=1S/C16H30N2O/c1-2-8-16(9-11-17-12-10-16)15(19)18-13-6-4-3-5-7-14-18/h17H,2-14H2,1H3. The van der Waals surface area contributed by atoms with Gasteiger partial charge in [0.25, 0.3) is 0 Å². The van der Waals surface area contributed by atoms with E-state index >= 15 is 0 Å². The minimum Gasteiger partial charge on any atom is -0.342 e. The van der Waals surface area contributed by atoms with Gasteiger partial charge in [0.2, 0.25) is 5.91 Å². The average Bonchev–Trinajstić information content (AvgIpc) is 2.39. The third-order valence-corrected chi connectivity index (χ3v) is 4.89. The summed E-state index contributed by atoms with van der Waals surface area (Å²) in [6.45, 7) is 6.24. The topological polar surface area (TPSA) is 32.3 Å². The Kier molecular flexibility index (Phi) is 5.68. The molecule has 2 aliphatic rings. The zero-order chi connectivity index (χ0) is 13.6. The summed E-state index contributed by atoms with van der Waals surface area (Å²) in [6, 6.07) is 0. The van der Waals surface area contributed by atoms with E-state index in [1.54, 1.807) is 0 Å². The van der Waals surface area contributed by atoms with Gasteiger partial charge in [-0.05, 0) is 45.2 Å². The molecule has 0 aromatic rings. The summed E-state index contributed by atoms with van der Waals surface area (Å²) in [5.41, 5.74) is -0.0425. The zero-order valence-electron chi connectivity index (χ0n) is 12.5. The molecule has 2 heterocycles. The molecule has 0 unspecified atom stereocenters. The van der Waals surface area contributed by atoms with Crippen molar-refractivity contribution >= 4 is 5.91 Å². The monoisotopic (exact) mass is 266 g/mol. The van der Waals surface area contributed by atoms with Crippen LogP contribution in [0.5, 0.6) is 0 Å². The summed E-state index contributed by atoms with van der Waals surface area (Å²) < 4.78 is 0. The van der Waals surface area contributed by atoms with E-state index in [9.17, 15) is 4.79 Å². The normalized spacial score (nSPS) is 24.6. The van der Waals surface area contributed by atoms with Gasteiger partial charge in [-0.15, -0.1) is 0 Å². The van der Waals surface area contributed by atoms with Crippen LogP contribution in [-0.2, 0) is 4.79 Å². The van der Waals surface area contributed by atoms with Gasteiger partial charge in [0.1, 0.15) is 0 Å². The summed E-state index contributed by atoms with van der Waals surface area (Å²) >= 11 is 0. The number of carbonyl (C=O) groups excluding carboxylic acids is 1. The Morgan fingerprint density at radius 1 is 1.05 bits per heavy atom. The average molecular weight is 266 g/mol. The van der Waals surface area contributed by atoms with Gasteiger partial charge >= 0.3 is 0 Å². The van der Waals surface area contributed by atoms with Crippen LogP contribution in [0.2, 0.25) is 0 Å². The third kappa shape index (κ3) is 3.71. The van der Waals surface area contributed by atoms with Crippen molar-refractivity contribution in [3.63, 3.8) is 0 Å². The van der Waals surface area contributed by atoms with Crippen molar-refractivity contribution in [3.05, 3.63) is 0 Å². The molecule has 0 atom stereocenters. The molecule has 3 nitrogen and oxygen atoms in total. The van der Waals surface area contributed by atoms with Crippen LogP contribution in [0.3, 0.4) is 0 Å². The quantitative estimate of drug-likeness (QED) is 0.852. The SMILES string of the molecule is CCCC1(C(=O)N2CCCCCCC2)CCNCC1. The molecule has 0 bridgehead atoms. The Morgan fingerprint density at radius 2 is 1.63 bits per heavy atom. The number of hydrogen-bond donors (Lipinski definition) is 1. The number of nitrogens with zero attached hydrogens (tertiary/aromatic N) is 1. The van der Waals surface area contributed by atoms with Crippen LogP contribution >= 0.6 is 0 Å². The molecule has 2 rings (SSSR count). The molecule has 0 aliphatic carbocycles. The van der Waals surface area contributed by atoms with Crippen molar-refractivity contribution in [1.82, 2.24) is 10.2 Å². The molecule has 0 radical (unpaired) electrons. The van der Waals surface area contributed by atoms with Crippen LogP contribution in [0.25, 0.3) is 0 Å². The zero-order valence-corrected chi connectivity index (χ0v) is 12.5. The van der Waals surface area contributed by atoms with Crippen molar-refractivity contribution in [2.24, 2.45) is 5.41 Å². The number of nitrogens with one attached hydrogen (secondary N) is 1. The number of piperidine rings is 1. The highest BCUT2D eigenvalue weighted by Crippen LogP contribution is 2.36. The highest BCUT2D eigenvalue weighted by molar-refractivity contribution is 5.83. The summed E-state index contributed by atoms with van der Waals surface area (Å²) in [6.07, 6.45) is 10.6. The van der Waals surface area contributed by atoms with E-state index in [-0.39, 0.29) is 5.41 Å². The van der Waals surface area contributed by atoms with E-state index in [2.05, 4.69) is 17.1 Å². The molecule has 0 aromatic heterocycles. The first kappa shape index (κ1) is 14.8. The summed E-state index contributed by atoms with van der Waals surface area (Å²) in [7, 11) is 0. The van der Waals surface area contributed by atoms with E-state index < -0.39 is 0 Å². The lowest BCUT2D eigenvalue weighted by Crippen LogP contribution is -2.50. The Balaban J connectivity index is 2.04. The molecule has 3 heteroatoms. The van der Waals surface area contributed by atoms with Crippen molar-refractivity contribution in [2.45, 2.75) is 64.7 Å². The van der Waals surface area contributed by atoms with Crippen LogP contribution < -0.4 is 5.32 Å². The number of carbonyl (C=O) groups is 1. The minimum absolute atomic E-state index is 0.0425. The number of amides is 1. The maximum atomic E-state index is 13.0. The van der Waals surface area contributed by atoms with Crippen LogP contribution in [0, 0.1) is 5.41 Å². The highest BCUT2D eigenvalue weighted by atomic mass is 16.2. The van der Waals surface area contributed by atoms with E-state index in [1.807, 2.05) is 0 Å². The Labute approximate surface area is 118 Å². The molecule has 0 saturated carbocycles. The molecule has 2 aliphatic heterocycles. The lowest BCUT2D eigenvalue weighted by molar-refractivity contribution is -0.144. The van der Waals surface area contributed by atoms with Gasteiger partial charge in [0, 0.05) is 13.1 Å². The van der Waals surface area contributed by atoms with E-state index in [0.717, 1.165) is 51.9 Å². The molecule has 2 saturated heterocycles. The maximum Gasteiger partial charge on any atom is 0.228 e. The Morgan fingerprint density at radius 3 is 2.21 bits per heavy atom. The second-order valence-electron chi connectivity index (χ2n) is 6.34. The molecule has 2 fully saturated rings. The van der Waals surface area contributed by atoms with Crippen molar-refractivity contribution < 1.29 is 4.79 Å². The fourth-order valence-corrected chi connectivity index (χ4v) is 3.74. The molecule has 0 aromatic carbocycles. The first-order valence-electron chi connectivity index (χ1n) is 8.29. The van der Waals surface area contributed by atoms with Crippen molar-refractivity contribution in [2.75, 3.05) is 26.2 Å². The fraction of sp³-hybridized carbons (Fsp3) is 0.938. The molecule has 19 heavy (non-hydrogen) atoms. The molecule has 1 amide bonds. The van der Waals surface area contributed by atoms with Gasteiger partial charge in [-0.2, -0.15) is 0 Å². The lowest BCUT2D eigenvalue weighted by atomic mass is 9.74. The Hall–Kier alpha value is -0.570. The van der Waals surface area contributed by atoms with Crippen LogP contribution in [-0.4, -0.2) is 37.0 Å². The lowest BCUT2D eigenvalue weighted by Gasteiger charge is -2.40. The largest absolute Gasteiger partial charge is 0.342 e. The molecular formula is C16H30N2O. The molecule has 110 valence electrons. The Bertz CT molecular complexity index is 271. The summed E-state index contributed by atoms with van der Waals surface area (Å²) in [5, 5.41) is 3.41. The van der Waals surface area contributed by atoms with Crippen LogP contribution in [0.4, 0.5) is 0 Å². The van der Waals surface area contributed by atoms with Crippen LogP contribution in [0.15, 0.2) is 0 Å². The third-order valence-electron chi connectivity index (χ3n) is 4.89. The minimum atomic E-state index is -0.0425. The smallest absolute Gasteiger partial charge is 0.228 e. The summed E-state index contributed by atoms with van der Waals surface area (Å²) in [5.74, 6) is 0.470. The number of hydrogen-bond acceptors (Lipinski definition) is 2. The second-order valence-corrected chi connectivity index (χ2v) is 6.34. The van der Waals surface area contributed by atoms with E-state index in [0.29, 0.717) is 5.91 Å². The van der Waals surface area contributed by atoms with Gasteiger partial charge in [0.15, 0.2) is 0 Å². The van der Waals surface area contributed by atoms with Crippen molar-refractivity contribution in [3.8, 4) is 0 Å². The van der Waals surface area contributed by atoms with Gasteiger partial charge in [0.05, 0.1) is 5.41 Å². The number of rotatable bonds is 3. The van der Waals surface area contributed by atoms with Gasteiger partial charge < -0.3 is 10.2 Å². The first-order chi connectivity index (χ1) is 9.28. The van der Waals surface area contributed by atoms with Crippen molar-refractivity contribution in [1.29, 1.82) is 0 Å². The molecular weight excluding hydrogens is 236 g/mol. The molecule has 0 spiro atoms. The van der Waals surface area contributed by atoms with Gasteiger partial charge in [-0.25, -0.2) is 0 Å². The predicted octanol–water partition coefficient (Wildman–Crippen LogP) is 2.95. The van der Waals surface area contributed by atoms with E-state index in [1.165, 1.54) is 32.1 Å².